The van der Waals surface area contributed by atoms with Gasteiger partial charge in [-0.2, -0.15) is 10.2 Å². The molecule has 0 aliphatic rings. The highest BCUT2D eigenvalue weighted by molar-refractivity contribution is 14.0. The van der Waals surface area contributed by atoms with Gasteiger partial charge < -0.3 is 9.80 Å². The van der Waals surface area contributed by atoms with Crippen LogP contribution in [0, 0.1) is 10.8 Å². The Hall–Kier alpha value is -2.48. The molecule has 0 aliphatic heterocycles. The normalized spacial score (nSPS) is 10.6. The molecule has 3 rings (SSSR count). The number of fused-ring (bicyclic) bond motifs is 2. The van der Waals surface area contributed by atoms with Gasteiger partial charge in [0, 0.05) is 39.3 Å². The molecule has 0 fully saturated rings. The van der Waals surface area contributed by atoms with E-state index in [1.165, 1.54) is 0 Å². The maximum absolute atomic E-state index is 7.87. The van der Waals surface area contributed by atoms with Crippen molar-refractivity contribution in [3.05, 3.63) is 59.7 Å². The van der Waals surface area contributed by atoms with E-state index < -0.39 is 0 Å². The highest BCUT2D eigenvalue weighted by Crippen LogP contribution is 2.31. The number of hydrogen-bond donors (Lipinski definition) is 4. The molecule has 0 radical (unpaired) electrons. The molecule has 0 bridgehead atoms. The first-order chi connectivity index (χ1) is 14.4. The molecule has 3 aromatic rings. The minimum Gasteiger partial charge on any atom is -0.348 e. The molecule has 32 heavy (non-hydrogen) atoms. The van der Waals surface area contributed by atoms with Crippen LogP contribution in [0.5, 0.6) is 0 Å². The second-order valence-corrected chi connectivity index (χ2v) is 7.14. The van der Waals surface area contributed by atoms with Crippen LogP contribution in [0.25, 0.3) is 21.5 Å². The van der Waals surface area contributed by atoms with E-state index in [-0.39, 0.29) is 59.9 Å². The third kappa shape index (κ3) is 6.28. The van der Waals surface area contributed by atoms with Crippen LogP contribution in [0.1, 0.15) is 11.1 Å². The summed E-state index contributed by atoms with van der Waals surface area (Å²) in [5, 5.41) is 28.4. The number of hydrazone groups is 2. The standard InChI is InChI=1S/C22H26N8.2HI/c1-29(2)21(23)27-25-13-19-15-9-5-7-11-17(15)20(14-26-28-22(24)30(3)4)18-12-8-6-10-16(18)19;;/h5-14H,1-4H3,(H2,23,27)(H2,24,28);2*1H. The molecule has 3 aromatic carbocycles. The van der Waals surface area contributed by atoms with Crippen LogP contribution in [0.15, 0.2) is 58.7 Å². The van der Waals surface area contributed by atoms with Crippen LogP contribution in [-0.4, -0.2) is 62.3 Å². The van der Waals surface area contributed by atoms with E-state index >= 15 is 0 Å². The molecule has 0 atom stereocenters. The first-order valence-electron chi connectivity index (χ1n) is 9.43. The minimum atomic E-state index is 0. The van der Waals surface area contributed by atoms with Gasteiger partial charge in [-0.25, -0.2) is 10.9 Å². The van der Waals surface area contributed by atoms with Crippen LogP contribution >= 0.6 is 48.0 Å². The zero-order chi connectivity index (χ0) is 21.7. The Labute approximate surface area is 222 Å². The molecule has 0 saturated heterocycles. The van der Waals surface area contributed by atoms with Crippen LogP contribution in [0.3, 0.4) is 0 Å². The van der Waals surface area contributed by atoms with Gasteiger partial charge in [-0.05, 0) is 21.5 Å². The molecule has 0 unspecified atom stereocenters. The maximum atomic E-state index is 7.87. The average molecular weight is 658 g/mol. The summed E-state index contributed by atoms with van der Waals surface area (Å²) in [5.41, 5.74) is 7.42. The molecule has 0 aliphatic carbocycles. The van der Waals surface area contributed by atoms with Gasteiger partial charge in [0.1, 0.15) is 0 Å². The third-order valence-electron chi connectivity index (χ3n) is 4.64. The fraction of sp³-hybridized carbons (Fsp3) is 0.182. The molecule has 0 saturated carbocycles. The lowest BCUT2D eigenvalue weighted by atomic mass is 9.92. The predicted molar refractivity (Wildman–Crippen MR) is 157 cm³/mol. The lowest BCUT2D eigenvalue weighted by Gasteiger charge is -2.14. The predicted octanol–water partition coefficient (Wildman–Crippen LogP) is 4.07. The van der Waals surface area contributed by atoms with Crippen molar-refractivity contribution in [2.24, 2.45) is 10.2 Å². The molecule has 0 spiro atoms. The van der Waals surface area contributed by atoms with E-state index in [2.05, 4.69) is 21.1 Å². The molecule has 0 heterocycles. The molecular formula is C22H28I2N8. The van der Waals surface area contributed by atoms with Gasteiger partial charge in [-0.15, -0.1) is 48.0 Å². The first-order valence-corrected chi connectivity index (χ1v) is 9.43. The summed E-state index contributed by atoms with van der Waals surface area (Å²) in [5.74, 6) is 0.413. The van der Waals surface area contributed by atoms with Crippen molar-refractivity contribution >= 4 is 93.8 Å². The van der Waals surface area contributed by atoms with Gasteiger partial charge in [0.25, 0.3) is 0 Å². The second-order valence-electron chi connectivity index (χ2n) is 7.14. The van der Waals surface area contributed by atoms with Gasteiger partial charge in [0.15, 0.2) is 0 Å². The van der Waals surface area contributed by atoms with Crippen molar-refractivity contribution in [2.75, 3.05) is 28.2 Å². The van der Waals surface area contributed by atoms with Crippen molar-refractivity contribution in [3.63, 3.8) is 0 Å². The molecule has 0 amide bonds. The van der Waals surface area contributed by atoms with Crippen molar-refractivity contribution in [1.82, 2.24) is 20.7 Å². The summed E-state index contributed by atoms with van der Waals surface area (Å²) < 4.78 is 0. The summed E-state index contributed by atoms with van der Waals surface area (Å²) in [6.07, 6.45) is 3.51. The molecule has 8 nitrogen and oxygen atoms in total. The number of halogens is 2. The molecule has 10 heteroatoms. The lowest BCUT2D eigenvalue weighted by molar-refractivity contribution is 0.585. The molecular weight excluding hydrogens is 630 g/mol. The Balaban J connectivity index is 0.00000256. The summed E-state index contributed by atoms with van der Waals surface area (Å²) in [6, 6.07) is 16.2. The Kier molecular flexibility index (Phi) is 10.8. The van der Waals surface area contributed by atoms with E-state index in [1.54, 1.807) is 50.4 Å². The topological polar surface area (TPSA) is 103 Å². The van der Waals surface area contributed by atoms with Gasteiger partial charge in [-0.3, -0.25) is 10.8 Å². The first kappa shape index (κ1) is 27.6. The Morgan fingerprint density at radius 3 is 1.19 bits per heavy atom. The summed E-state index contributed by atoms with van der Waals surface area (Å²) in [4.78, 5) is 3.29. The zero-order valence-corrected chi connectivity index (χ0v) is 23.0. The summed E-state index contributed by atoms with van der Waals surface area (Å²) in [6.45, 7) is 0. The molecule has 170 valence electrons. The van der Waals surface area contributed by atoms with Crippen LogP contribution in [0.4, 0.5) is 0 Å². The van der Waals surface area contributed by atoms with Crippen molar-refractivity contribution in [3.8, 4) is 0 Å². The number of hydrogen-bond acceptors (Lipinski definition) is 4. The number of nitrogens with zero attached hydrogens (tertiary/aromatic N) is 4. The van der Waals surface area contributed by atoms with Crippen molar-refractivity contribution < 1.29 is 0 Å². The Morgan fingerprint density at radius 1 is 0.656 bits per heavy atom. The maximum Gasteiger partial charge on any atom is 0.211 e. The fourth-order valence-corrected chi connectivity index (χ4v) is 2.99. The SMILES string of the molecule is CN(C)C(=N)NN=Cc1c2ccccc2c(C=NNC(=N)N(C)C)c2ccccc12.I.I. The van der Waals surface area contributed by atoms with Gasteiger partial charge in [-0.1, -0.05) is 48.5 Å². The summed E-state index contributed by atoms with van der Waals surface area (Å²) >= 11 is 0. The monoisotopic (exact) mass is 658 g/mol. The minimum absolute atomic E-state index is 0. The Bertz CT molecular complexity index is 1010. The van der Waals surface area contributed by atoms with Crippen molar-refractivity contribution in [2.45, 2.75) is 0 Å². The quantitative estimate of drug-likeness (QED) is 0.112. The lowest BCUT2D eigenvalue weighted by Crippen LogP contribution is -2.32. The number of nitrogens with one attached hydrogen (secondary N) is 4. The number of guanidine groups is 2. The van der Waals surface area contributed by atoms with E-state index in [4.69, 9.17) is 10.8 Å². The average Bonchev–Trinajstić information content (AvgIpc) is 2.74. The van der Waals surface area contributed by atoms with Crippen LogP contribution in [0.2, 0.25) is 0 Å². The van der Waals surface area contributed by atoms with Gasteiger partial charge in [0.05, 0.1) is 12.4 Å². The summed E-state index contributed by atoms with van der Waals surface area (Å²) in [7, 11) is 7.14. The van der Waals surface area contributed by atoms with Gasteiger partial charge >= 0.3 is 0 Å². The molecule has 4 N–H and O–H groups in total. The van der Waals surface area contributed by atoms with E-state index in [0.29, 0.717) is 0 Å². The van der Waals surface area contributed by atoms with Crippen LogP contribution in [-0.2, 0) is 0 Å². The highest BCUT2D eigenvalue weighted by Gasteiger charge is 2.11. The fourth-order valence-electron chi connectivity index (χ4n) is 2.99. The second kappa shape index (κ2) is 12.5. The largest absolute Gasteiger partial charge is 0.348 e. The van der Waals surface area contributed by atoms with Gasteiger partial charge in [0.2, 0.25) is 11.9 Å². The number of rotatable bonds is 4. The Morgan fingerprint density at radius 2 is 0.938 bits per heavy atom. The van der Waals surface area contributed by atoms with Crippen LogP contribution < -0.4 is 10.9 Å². The highest BCUT2D eigenvalue weighted by atomic mass is 127. The zero-order valence-electron chi connectivity index (χ0n) is 18.4. The molecule has 0 aromatic heterocycles. The smallest absolute Gasteiger partial charge is 0.211 e. The van der Waals surface area contributed by atoms with E-state index in [0.717, 1.165) is 32.7 Å². The van der Waals surface area contributed by atoms with Crippen molar-refractivity contribution in [1.29, 1.82) is 10.8 Å². The van der Waals surface area contributed by atoms with E-state index in [9.17, 15) is 0 Å². The number of benzene rings is 3. The van der Waals surface area contributed by atoms with E-state index in [1.807, 2.05) is 48.5 Å². The third-order valence-corrected chi connectivity index (χ3v) is 4.64.